The van der Waals surface area contributed by atoms with Crippen LogP contribution in [0.3, 0.4) is 0 Å². The van der Waals surface area contributed by atoms with Gasteiger partial charge in [-0.05, 0) is 13.5 Å². The smallest absolute Gasteiger partial charge is 0.114 e. The number of hydrogen-bond acceptors (Lipinski definition) is 4. The lowest BCUT2D eigenvalue weighted by Crippen LogP contribution is -2.12. The van der Waals surface area contributed by atoms with Crippen molar-refractivity contribution in [3.63, 3.8) is 0 Å². The molecule has 16 heavy (non-hydrogen) atoms. The molecule has 2 heterocycles. The Morgan fingerprint density at radius 1 is 1.50 bits per heavy atom. The molecule has 2 aromatic heterocycles. The van der Waals surface area contributed by atoms with Crippen molar-refractivity contribution in [3.05, 3.63) is 34.0 Å². The fraction of sp³-hybridized carbons (Fsp3) is 0.455. The highest BCUT2D eigenvalue weighted by atomic mass is 32.1. The largest absolute Gasteiger partial charge is 0.313 e. The molecule has 2 aromatic rings. The number of nitrogens with one attached hydrogen (secondary N) is 1. The minimum Gasteiger partial charge on any atom is -0.313 e. The highest BCUT2D eigenvalue weighted by molar-refractivity contribution is 7.09. The van der Waals surface area contributed by atoms with E-state index in [1.807, 2.05) is 22.5 Å². The summed E-state index contributed by atoms with van der Waals surface area (Å²) in [7, 11) is 0. The number of thiazole rings is 1. The van der Waals surface area contributed by atoms with Crippen LogP contribution in [0.4, 0.5) is 0 Å². The molecule has 0 unspecified atom stereocenters. The van der Waals surface area contributed by atoms with Crippen LogP contribution in [0.2, 0.25) is 0 Å². The van der Waals surface area contributed by atoms with Crippen LogP contribution in [-0.4, -0.2) is 21.3 Å². The van der Waals surface area contributed by atoms with E-state index in [0.29, 0.717) is 0 Å². The van der Waals surface area contributed by atoms with Gasteiger partial charge in [0.2, 0.25) is 0 Å². The van der Waals surface area contributed by atoms with Gasteiger partial charge in [-0.1, -0.05) is 6.92 Å². The zero-order chi connectivity index (χ0) is 11.4. The van der Waals surface area contributed by atoms with Gasteiger partial charge in [0.15, 0.2) is 0 Å². The minimum absolute atomic E-state index is 0.773. The summed E-state index contributed by atoms with van der Waals surface area (Å²) in [5, 5.41) is 10.8. The number of rotatable bonds is 5. The summed E-state index contributed by atoms with van der Waals surface area (Å²) >= 11 is 1.67. The average molecular weight is 236 g/mol. The molecule has 0 aromatic carbocycles. The molecule has 0 radical (unpaired) electrons. The normalized spacial score (nSPS) is 10.9. The van der Waals surface area contributed by atoms with E-state index in [1.54, 1.807) is 11.3 Å². The van der Waals surface area contributed by atoms with Crippen LogP contribution in [0.25, 0.3) is 0 Å². The van der Waals surface area contributed by atoms with Crippen LogP contribution in [0, 0.1) is 6.92 Å². The molecule has 0 spiro atoms. The molecule has 1 N–H and O–H groups in total. The SMILES string of the molecule is CCNCc1cnn(Cc2nccs2)c1C. The van der Waals surface area contributed by atoms with Crippen molar-refractivity contribution in [1.29, 1.82) is 0 Å². The molecule has 2 rings (SSSR count). The Morgan fingerprint density at radius 2 is 2.38 bits per heavy atom. The van der Waals surface area contributed by atoms with Crippen LogP contribution < -0.4 is 5.32 Å². The Bertz CT molecular complexity index is 433. The number of hydrogen-bond donors (Lipinski definition) is 1. The van der Waals surface area contributed by atoms with Crippen molar-refractivity contribution < 1.29 is 0 Å². The van der Waals surface area contributed by atoms with E-state index < -0.39 is 0 Å². The van der Waals surface area contributed by atoms with Gasteiger partial charge in [0, 0.05) is 29.4 Å². The molecule has 0 atom stereocenters. The summed E-state index contributed by atoms with van der Waals surface area (Å²) < 4.78 is 2.01. The Hall–Kier alpha value is -1.20. The molecule has 0 bridgehead atoms. The van der Waals surface area contributed by atoms with Crippen molar-refractivity contribution in [2.24, 2.45) is 0 Å². The fourth-order valence-electron chi connectivity index (χ4n) is 1.54. The first kappa shape index (κ1) is 11.3. The molecular formula is C11H16N4S. The van der Waals surface area contributed by atoms with Gasteiger partial charge in [-0.2, -0.15) is 5.10 Å². The van der Waals surface area contributed by atoms with Crippen LogP contribution in [-0.2, 0) is 13.1 Å². The predicted octanol–water partition coefficient (Wildman–Crippen LogP) is 1.81. The van der Waals surface area contributed by atoms with Gasteiger partial charge in [0.05, 0.1) is 12.7 Å². The highest BCUT2D eigenvalue weighted by Crippen LogP contribution is 2.11. The van der Waals surface area contributed by atoms with E-state index in [2.05, 4.69) is 29.2 Å². The molecular weight excluding hydrogens is 220 g/mol. The molecule has 0 aliphatic heterocycles. The lowest BCUT2D eigenvalue weighted by molar-refractivity contribution is 0.656. The maximum Gasteiger partial charge on any atom is 0.114 e. The van der Waals surface area contributed by atoms with Gasteiger partial charge in [-0.15, -0.1) is 11.3 Å². The quantitative estimate of drug-likeness (QED) is 0.861. The first-order chi connectivity index (χ1) is 7.81. The second-order valence-electron chi connectivity index (χ2n) is 3.62. The van der Waals surface area contributed by atoms with Gasteiger partial charge in [0.25, 0.3) is 0 Å². The molecule has 86 valence electrons. The van der Waals surface area contributed by atoms with Crippen molar-refractivity contribution in [1.82, 2.24) is 20.1 Å². The van der Waals surface area contributed by atoms with Crippen molar-refractivity contribution in [2.75, 3.05) is 6.54 Å². The predicted molar refractivity (Wildman–Crippen MR) is 65.6 cm³/mol. The second-order valence-corrected chi connectivity index (χ2v) is 4.60. The van der Waals surface area contributed by atoms with E-state index >= 15 is 0 Å². The second kappa shape index (κ2) is 5.23. The number of nitrogens with zero attached hydrogens (tertiary/aromatic N) is 3. The number of aromatic nitrogens is 3. The average Bonchev–Trinajstić information content (AvgIpc) is 2.89. The van der Waals surface area contributed by atoms with Crippen molar-refractivity contribution >= 4 is 11.3 Å². The molecule has 0 fully saturated rings. The van der Waals surface area contributed by atoms with Crippen LogP contribution in [0.5, 0.6) is 0 Å². The third-order valence-corrected chi connectivity index (χ3v) is 3.30. The van der Waals surface area contributed by atoms with E-state index in [9.17, 15) is 0 Å². The monoisotopic (exact) mass is 236 g/mol. The van der Waals surface area contributed by atoms with Crippen molar-refractivity contribution in [3.8, 4) is 0 Å². The Kier molecular flexibility index (Phi) is 3.69. The zero-order valence-electron chi connectivity index (χ0n) is 9.60. The maximum absolute atomic E-state index is 4.39. The first-order valence-electron chi connectivity index (χ1n) is 5.41. The third kappa shape index (κ3) is 2.48. The van der Waals surface area contributed by atoms with Gasteiger partial charge < -0.3 is 5.32 Å². The zero-order valence-corrected chi connectivity index (χ0v) is 10.4. The lowest BCUT2D eigenvalue weighted by Gasteiger charge is -2.03. The third-order valence-electron chi connectivity index (χ3n) is 2.54. The summed E-state index contributed by atoms with van der Waals surface area (Å²) in [6.07, 6.45) is 3.77. The van der Waals surface area contributed by atoms with E-state index in [1.165, 1.54) is 11.3 Å². The molecule has 0 aliphatic rings. The summed E-state index contributed by atoms with van der Waals surface area (Å²) in [6, 6.07) is 0. The Morgan fingerprint density at radius 3 is 3.06 bits per heavy atom. The highest BCUT2D eigenvalue weighted by Gasteiger charge is 2.07. The molecule has 0 saturated heterocycles. The summed E-state index contributed by atoms with van der Waals surface area (Å²) in [5.41, 5.74) is 2.48. The van der Waals surface area contributed by atoms with E-state index in [-0.39, 0.29) is 0 Å². The summed E-state index contributed by atoms with van der Waals surface area (Å²) in [4.78, 5) is 4.27. The molecule has 5 heteroatoms. The van der Waals surface area contributed by atoms with Gasteiger partial charge >= 0.3 is 0 Å². The fourth-order valence-corrected chi connectivity index (χ4v) is 2.13. The molecule has 4 nitrogen and oxygen atoms in total. The lowest BCUT2D eigenvalue weighted by atomic mass is 10.2. The maximum atomic E-state index is 4.39. The van der Waals surface area contributed by atoms with Gasteiger partial charge in [0.1, 0.15) is 5.01 Å². The van der Waals surface area contributed by atoms with Crippen molar-refractivity contribution in [2.45, 2.75) is 26.9 Å². The van der Waals surface area contributed by atoms with Gasteiger partial charge in [-0.25, -0.2) is 4.98 Å². The van der Waals surface area contributed by atoms with E-state index in [0.717, 1.165) is 24.6 Å². The molecule has 0 aliphatic carbocycles. The van der Waals surface area contributed by atoms with Crippen LogP contribution >= 0.6 is 11.3 Å². The molecule has 0 amide bonds. The minimum atomic E-state index is 0.773. The van der Waals surface area contributed by atoms with Crippen LogP contribution in [0.15, 0.2) is 17.8 Å². The van der Waals surface area contributed by atoms with Gasteiger partial charge in [-0.3, -0.25) is 4.68 Å². The molecule has 0 saturated carbocycles. The Labute approximate surface area is 99.3 Å². The van der Waals surface area contributed by atoms with Crippen LogP contribution in [0.1, 0.15) is 23.2 Å². The van der Waals surface area contributed by atoms with E-state index in [4.69, 9.17) is 0 Å². The Balaban J connectivity index is 2.08. The summed E-state index contributed by atoms with van der Waals surface area (Å²) in [5.74, 6) is 0. The summed E-state index contributed by atoms with van der Waals surface area (Å²) in [6.45, 7) is 6.86. The standard InChI is InChI=1S/C11H16N4S/c1-3-12-6-10-7-14-15(9(10)2)8-11-13-4-5-16-11/h4-5,7,12H,3,6,8H2,1-2H3. The topological polar surface area (TPSA) is 42.7 Å². The first-order valence-corrected chi connectivity index (χ1v) is 6.29.